The topological polar surface area (TPSA) is 9.23 Å². The quantitative estimate of drug-likeness (QED) is 0.552. The smallest absolute Gasteiger partial charge is 0.214 e. The van der Waals surface area contributed by atoms with Crippen LogP contribution in [0.5, 0.6) is 0 Å². The lowest BCUT2D eigenvalue weighted by Crippen LogP contribution is -2.23. The summed E-state index contributed by atoms with van der Waals surface area (Å²) in [7, 11) is 2.28. The molecule has 0 bridgehead atoms. The lowest BCUT2D eigenvalue weighted by Gasteiger charge is -2.09. The SMILES string of the molecule is CC[S+](CC)C(C)OC. The summed E-state index contributed by atoms with van der Waals surface area (Å²) in [6.45, 7) is 6.60. The molecule has 0 rings (SSSR count). The molecule has 0 aromatic heterocycles. The summed E-state index contributed by atoms with van der Waals surface area (Å²) in [5.74, 6) is 2.51. The molecule has 0 amide bonds. The Bertz CT molecular complexity index is 61.9. The molecular weight excluding hydrogens is 132 g/mol. The molecule has 0 aliphatic carbocycles. The highest BCUT2D eigenvalue weighted by molar-refractivity contribution is 7.97. The molecule has 0 aromatic carbocycles. The van der Waals surface area contributed by atoms with Gasteiger partial charge in [0.25, 0.3) is 0 Å². The number of methoxy groups -OCH3 is 1. The molecule has 0 aromatic rings. The molecule has 0 spiro atoms. The van der Waals surface area contributed by atoms with E-state index in [0.29, 0.717) is 16.3 Å². The molecule has 0 fully saturated rings. The van der Waals surface area contributed by atoms with Crippen LogP contribution in [-0.2, 0) is 15.6 Å². The Morgan fingerprint density at radius 3 is 1.89 bits per heavy atom. The standard InChI is InChI=1S/C7H17OS/c1-5-9(6-2)7(3)8-4/h7H,5-6H2,1-4H3/q+1. The number of ether oxygens (including phenoxy) is 1. The number of hydrogen-bond acceptors (Lipinski definition) is 1. The van der Waals surface area contributed by atoms with Gasteiger partial charge in [-0.25, -0.2) is 0 Å². The minimum absolute atomic E-state index is 0.458. The van der Waals surface area contributed by atoms with E-state index < -0.39 is 0 Å². The average molecular weight is 149 g/mol. The highest BCUT2D eigenvalue weighted by atomic mass is 32.2. The van der Waals surface area contributed by atoms with Gasteiger partial charge >= 0.3 is 0 Å². The maximum absolute atomic E-state index is 5.21. The first kappa shape index (κ1) is 9.31. The maximum Gasteiger partial charge on any atom is 0.214 e. The summed E-state index contributed by atoms with van der Waals surface area (Å²) in [5, 5.41) is 0. The van der Waals surface area contributed by atoms with Crippen LogP contribution >= 0.6 is 0 Å². The van der Waals surface area contributed by atoms with Crippen LogP contribution in [0.1, 0.15) is 20.8 Å². The van der Waals surface area contributed by atoms with E-state index in [2.05, 4.69) is 20.8 Å². The van der Waals surface area contributed by atoms with Gasteiger partial charge in [-0.1, -0.05) is 0 Å². The zero-order valence-corrected chi connectivity index (χ0v) is 7.62. The first-order valence-corrected chi connectivity index (χ1v) is 5.07. The lowest BCUT2D eigenvalue weighted by atomic mass is 10.8. The van der Waals surface area contributed by atoms with E-state index >= 15 is 0 Å². The minimum atomic E-state index is 0.458. The highest BCUT2D eigenvalue weighted by Gasteiger charge is 2.20. The van der Waals surface area contributed by atoms with Crippen molar-refractivity contribution in [1.29, 1.82) is 0 Å². The van der Waals surface area contributed by atoms with Crippen molar-refractivity contribution in [3.8, 4) is 0 Å². The molecular formula is C7H17OS+. The van der Waals surface area contributed by atoms with Gasteiger partial charge in [0, 0.05) is 24.9 Å². The van der Waals surface area contributed by atoms with Gasteiger partial charge in [-0.2, -0.15) is 0 Å². The molecule has 9 heavy (non-hydrogen) atoms. The molecule has 56 valence electrons. The van der Waals surface area contributed by atoms with Crippen LogP contribution in [0.15, 0.2) is 0 Å². The van der Waals surface area contributed by atoms with Crippen molar-refractivity contribution in [2.75, 3.05) is 18.6 Å². The van der Waals surface area contributed by atoms with Gasteiger partial charge in [-0.05, 0) is 13.8 Å². The zero-order valence-electron chi connectivity index (χ0n) is 6.81. The summed E-state index contributed by atoms with van der Waals surface area (Å²) < 4.78 is 5.21. The maximum atomic E-state index is 5.21. The van der Waals surface area contributed by atoms with E-state index in [4.69, 9.17) is 4.74 Å². The van der Waals surface area contributed by atoms with Crippen molar-refractivity contribution in [2.45, 2.75) is 26.2 Å². The van der Waals surface area contributed by atoms with Crippen molar-refractivity contribution < 1.29 is 4.74 Å². The third-order valence-electron chi connectivity index (χ3n) is 1.54. The molecule has 0 saturated heterocycles. The van der Waals surface area contributed by atoms with Gasteiger partial charge in [0.15, 0.2) is 0 Å². The van der Waals surface area contributed by atoms with Crippen molar-refractivity contribution in [2.24, 2.45) is 0 Å². The summed E-state index contributed by atoms with van der Waals surface area (Å²) in [6.07, 6.45) is 0. The molecule has 0 aliphatic heterocycles. The van der Waals surface area contributed by atoms with Crippen LogP contribution in [0.25, 0.3) is 0 Å². The molecule has 0 radical (unpaired) electrons. The minimum Gasteiger partial charge on any atom is -0.337 e. The summed E-state index contributed by atoms with van der Waals surface area (Å²) in [4.78, 5) is 0. The molecule has 0 aliphatic rings. The van der Waals surface area contributed by atoms with Gasteiger partial charge in [-0.15, -0.1) is 0 Å². The van der Waals surface area contributed by atoms with E-state index in [0.717, 1.165) is 0 Å². The molecule has 1 unspecified atom stereocenters. The molecule has 0 heterocycles. The van der Waals surface area contributed by atoms with E-state index in [1.165, 1.54) is 11.5 Å². The van der Waals surface area contributed by atoms with E-state index in [9.17, 15) is 0 Å². The van der Waals surface area contributed by atoms with Crippen LogP contribution in [0, 0.1) is 0 Å². The van der Waals surface area contributed by atoms with Gasteiger partial charge in [0.05, 0.1) is 0 Å². The highest BCUT2D eigenvalue weighted by Crippen LogP contribution is 2.05. The first-order chi connectivity index (χ1) is 4.26. The fraction of sp³-hybridized carbons (Fsp3) is 1.00. The van der Waals surface area contributed by atoms with Crippen LogP contribution in [0.4, 0.5) is 0 Å². The molecule has 1 atom stereocenters. The Kier molecular flexibility index (Phi) is 5.30. The first-order valence-electron chi connectivity index (χ1n) is 3.45. The van der Waals surface area contributed by atoms with Gasteiger partial charge < -0.3 is 4.74 Å². The average Bonchev–Trinajstić information content (AvgIpc) is 1.90. The van der Waals surface area contributed by atoms with Crippen molar-refractivity contribution in [3.63, 3.8) is 0 Å². The summed E-state index contributed by atoms with van der Waals surface area (Å²) >= 11 is 0. The van der Waals surface area contributed by atoms with Crippen LogP contribution in [0.3, 0.4) is 0 Å². The fourth-order valence-corrected chi connectivity index (χ4v) is 2.43. The van der Waals surface area contributed by atoms with Gasteiger partial charge in [-0.3, -0.25) is 0 Å². The Labute approximate surface area is 61.1 Å². The van der Waals surface area contributed by atoms with E-state index in [1.54, 1.807) is 7.11 Å². The van der Waals surface area contributed by atoms with Gasteiger partial charge in [0.1, 0.15) is 11.5 Å². The van der Waals surface area contributed by atoms with Crippen molar-refractivity contribution in [3.05, 3.63) is 0 Å². The monoisotopic (exact) mass is 149 g/mol. The van der Waals surface area contributed by atoms with Crippen LogP contribution in [0.2, 0.25) is 0 Å². The molecule has 0 saturated carbocycles. The molecule has 0 N–H and O–H groups in total. The second-order valence-electron chi connectivity index (χ2n) is 1.92. The Morgan fingerprint density at radius 1 is 1.33 bits per heavy atom. The normalized spacial score (nSPS) is 14.3. The summed E-state index contributed by atoms with van der Waals surface area (Å²) in [6, 6.07) is 0. The molecule has 2 heteroatoms. The number of rotatable bonds is 4. The second kappa shape index (κ2) is 5.12. The van der Waals surface area contributed by atoms with Crippen molar-refractivity contribution in [1.82, 2.24) is 0 Å². The van der Waals surface area contributed by atoms with Crippen molar-refractivity contribution >= 4 is 10.9 Å². The Morgan fingerprint density at radius 2 is 1.78 bits per heavy atom. The third-order valence-corrected chi connectivity index (χ3v) is 4.16. The summed E-state index contributed by atoms with van der Waals surface area (Å²) in [5.41, 5.74) is 0.458. The zero-order chi connectivity index (χ0) is 7.28. The fourth-order valence-electron chi connectivity index (χ4n) is 0.810. The van der Waals surface area contributed by atoms with E-state index in [-0.39, 0.29) is 0 Å². The Balaban J connectivity index is 3.50. The third kappa shape index (κ3) is 3.11. The lowest BCUT2D eigenvalue weighted by molar-refractivity contribution is 0.185. The predicted molar refractivity (Wildman–Crippen MR) is 44.9 cm³/mol. The predicted octanol–water partition coefficient (Wildman–Crippen LogP) is 1.64. The van der Waals surface area contributed by atoms with Crippen LogP contribution in [-0.4, -0.2) is 24.1 Å². The van der Waals surface area contributed by atoms with E-state index in [1.807, 2.05) is 0 Å². The largest absolute Gasteiger partial charge is 0.337 e. The van der Waals surface area contributed by atoms with Gasteiger partial charge in [0.2, 0.25) is 5.44 Å². The van der Waals surface area contributed by atoms with Crippen LogP contribution < -0.4 is 0 Å². The number of hydrogen-bond donors (Lipinski definition) is 0. The Hall–Kier alpha value is 0.310. The second-order valence-corrected chi connectivity index (χ2v) is 4.81. The molecule has 1 nitrogen and oxygen atoms in total.